The minimum absolute atomic E-state index is 0.0569. The quantitative estimate of drug-likeness (QED) is 0.335. The average molecular weight is 603 g/mol. The number of fused-ring (bicyclic) bond motifs is 1. The molecule has 2 heterocycles. The third kappa shape index (κ3) is 6.72. The van der Waals surface area contributed by atoms with E-state index in [4.69, 9.17) is 0 Å². The number of benzene rings is 2. The number of nitrogens with one attached hydrogen (secondary N) is 2. The van der Waals surface area contributed by atoms with Crippen molar-refractivity contribution in [2.45, 2.75) is 68.7 Å². The molecule has 1 amide bonds. The van der Waals surface area contributed by atoms with Gasteiger partial charge in [-0.05, 0) is 80.5 Å². The highest BCUT2D eigenvalue weighted by Gasteiger charge is 2.43. The molecule has 1 saturated carbocycles. The van der Waals surface area contributed by atoms with Crippen LogP contribution in [0.15, 0.2) is 65.7 Å². The molecule has 0 unspecified atom stereocenters. The van der Waals surface area contributed by atoms with Crippen molar-refractivity contribution in [1.29, 1.82) is 0 Å². The Morgan fingerprint density at radius 1 is 1.05 bits per heavy atom. The molecule has 0 spiro atoms. The fraction of sp³-hybridized carbons (Fsp3) is 0.484. The summed E-state index contributed by atoms with van der Waals surface area (Å²) in [6.45, 7) is 5.53. The predicted molar refractivity (Wildman–Crippen MR) is 157 cm³/mol. The Hall–Kier alpha value is -3.18. The number of hydrogen-bond acceptors (Lipinski definition) is 6. The van der Waals surface area contributed by atoms with E-state index in [9.17, 15) is 26.4 Å². The van der Waals surface area contributed by atoms with Crippen molar-refractivity contribution in [3.63, 3.8) is 0 Å². The highest BCUT2D eigenvalue weighted by Crippen LogP contribution is 2.36. The number of carbonyl (C=O) groups is 1. The number of anilines is 1. The molecule has 1 aromatic heterocycles. The summed E-state index contributed by atoms with van der Waals surface area (Å²) < 4.78 is 67.0. The highest BCUT2D eigenvalue weighted by molar-refractivity contribution is 7.91. The zero-order chi connectivity index (χ0) is 30.1. The lowest BCUT2D eigenvalue weighted by Gasteiger charge is -2.41. The highest BCUT2D eigenvalue weighted by atomic mass is 32.2. The van der Waals surface area contributed by atoms with Crippen LogP contribution in [0, 0.1) is 11.8 Å². The van der Waals surface area contributed by atoms with E-state index >= 15 is 0 Å². The largest absolute Gasteiger partial charge is 0.416 e. The van der Waals surface area contributed by atoms with E-state index in [0.29, 0.717) is 48.3 Å². The van der Waals surface area contributed by atoms with Gasteiger partial charge in [0.05, 0.1) is 21.7 Å². The van der Waals surface area contributed by atoms with Gasteiger partial charge in [-0.2, -0.15) is 13.2 Å². The van der Waals surface area contributed by atoms with Crippen molar-refractivity contribution in [3.05, 3.63) is 66.4 Å². The first-order chi connectivity index (χ1) is 19.9. The SMILES string of the molecule is CC(C)CN[C@@H]1CC[C@H](N2CC[C@H](Nc3ccnc4ccc(C(F)(F)F)cc34)C2=O)[C@H](CS(=O)(=O)c2ccccc2)C1. The van der Waals surface area contributed by atoms with Crippen LogP contribution in [-0.2, 0) is 20.8 Å². The van der Waals surface area contributed by atoms with Gasteiger partial charge in [-0.25, -0.2) is 8.42 Å². The number of hydrogen-bond donors (Lipinski definition) is 2. The van der Waals surface area contributed by atoms with E-state index < -0.39 is 27.6 Å². The first-order valence-corrected chi connectivity index (χ1v) is 16.1. The van der Waals surface area contributed by atoms with E-state index in [2.05, 4.69) is 29.5 Å². The van der Waals surface area contributed by atoms with Crippen LogP contribution in [0.2, 0.25) is 0 Å². The second-order valence-corrected chi connectivity index (χ2v) is 13.9. The van der Waals surface area contributed by atoms with Crippen LogP contribution in [0.5, 0.6) is 0 Å². The Bertz CT molecular complexity index is 1510. The standard InChI is InChI=1S/C31H37F3N4O3S/c1-20(2)18-36-23-9-11-29(21(16-23)19-42(40,41)24-6-4-3-5-7-24)38-15-13-28(30(38)39)37-27-12-14-35-26-10-8-22(17-25(26)27)31(32,33)34/h3-8,10,12,14,17,20-21,23,28-29,36H,9,11,13,15-16,18-19H2,1-2H3,(H,35,37)/t21-,23+,28-,29-/m0/s1. The van der Waals surface area contributed by atoms with Gasteiger partial charge in [0.1, 0.15) is 6.04 Å². The van der Waals surface area contributed by atoms with Crippen molar-refractivity contribution in [1.82, 2.24) is 15.2 Å². The fourth-order valence-corrected chi connectivity index (χ4v) is 7.92. The smallest absolute Gasteiger partial charge is 0.373 e. The number of sulfone groups is 1. The number of likely N-dealkylation sites (tertiary alicyclic amines) is 1. The van der Waals surface area contributed by atoms with Crippen LogP contribution in [0.4, 0.5) is 18.9 Å². The molecule has 3 aromatic rings. The van der Waals surface area contributed by atoms with Crippen molar-refractivity contribution >= 4 is 32.3 Å². The molecule has 11 heteroatoms. The minimum Gasteiger partial charge on any atom is -0.373 e. The molecule has 2 aromatic carbocycles. The van der Waals surface area contributed by atoms with Gasteiger partial charge >= 0.3 is 6.18 Å². The first-order valence-electron chi connectivity index (χ1n) is 14.5. The van der Waals surface area contributed by atoms with Crippen molar-refractivity contribution in [2.75, 3.05) is 24.2 Å². The van der Waals surface area contributed by atoms with E-state index in [0.717, 1.165) is 25.1 Å². The number of aromatic nitrogens is 1. The van der Waals surface area contributed by atoms with Crippen LogP contribution in [0.3, 0.4) is 0 Å². The van der Waals surface area contributed by atoms with Crippen LogP contribution in [0.1, 0.15) is 45.1 Å². The molecular formula is C31H37F3N4O3S. The predicted octanol–water partition coefficient (Wildman–Crippen LogP) is 5.52. The van der Waals surface area contributed by atoms with Gasteiger partial charge in [-0.15, -0.1) is 0 Å². The van der Waals surface area contributed by atoms with Crippen molar-refractivity contribution in [3.8, 4) is 0 Å². The lowest BCUT2D eigenvalue weighted by atomic mass is 9.81. The first kappa shape index (κ1) is 30.3. The Morgan fingerprint density at radius 3 is 2.52 bits per heavy atom. The Morgan fingerprint density at radius 2 is 1.81 bits per heavy atom. The molecule has 4 atom stereocenters. The molecule has 1 saturated heterocycles. The van der Waals surface area contributed by atoms with Gasteiger partial charge in [-0.1, -0.05) is 32.0 Å². The second kappa shape index (κ2) is 12.2. The normalized spacial score (nSPS) is 23.6. The minimum atomic E-state index is -4.50. The molecule has 2 aliphatic rings. The lowest BCUT2D eigenvalue weighted by molar-refractivity contribution is -0.137. The zero-order valence-corrected chi connectivity index (χ0v) is 24.6. The summed E-state index contributed by atoms with van der Waals surface area (Å²) in [5.41, 5.74) is 0.0283. The Labute approximate surface area is 244 Å². The van der Waals surface area contributed by atoms with Crippen molar-refractivity contribution < 1.29 is 26.4 Å². The molecule has 5 rings (SSSR count). The Kier molecular flexibility index (Phi) is 8.80. The molecule has 0 radical (unpaired) electrons. The topological polar surface area (TPSA) is 91.4 Å². The fourth-order valence-electron chi connectivity index (χ4n) is 6.23. The Balaban J connectivity index is 1.36. The average Bonchev–Trinajstić information content (AvgIpc) is 3.31. The molecule has 226 valence electrons. The van der Waals surface area contributed by atoms with Crippen LogP contribution >= 0.6 is 0 Å². The molecular weight excluding hydrogens is 565 g/mol. The van der Waals surface area contributed by atoms with Gasteiger partial charge in [0.2, 0.25) is 5.91 Å². The van der Waals surface area contributed by atoms with E-state index in [-0.39, 0.29) is 34.6 Å². The van der Waals surface area contributed by atoms with Crippen LogP contribution < -0.4 is 10.6 Å². The molecule has 0 bridgehead atoms. The maximum atomic E-state index is 13.8. The number of alkyl halides is 3. The summed E-state index contributed by atoms with van der Waals surface area (Å²) in [6.07, 6.45) is -0.386. The third-order valence-electron chi connectivity index (χ3n) is 8.33. The number of nitrogens with zero attached hydrogens (tertiary/aromatic N) is 2. The summed E-state index contributed by atoms with van der Waals surface area (Å²) in [5, 5.41) is 7.05. The maximum Gasteiger partial charge on any atom is 0.416 e. The van der Waals surface area contributed by atoms with Gasteiger partial charge in [0, 0.05) is 35.9 Å². The second-order valence-electron chi connectivity index (χ2n) is 11.8. The maximum absolute atomic E-state index is 13.8. The van der Waals surface area contributed by atoms with E-state index in [1.807, 2.05) is 0 Å². The summed E-state index contributed by atoms with van der Waals surface area (Å²) in [4.78, 5) is 20.0. The molecule has 2 N–H and O–H groups in total. The number of rotatable bonds is 9. The van der Waals surface area contributed by atoms with Gasteiger partial charge in [0.15, 0.2) is 9.84 Å². The lowest BCUT2D eigenvalue weighted by Crippen LogP contribution is -2.51. The number of amides is 1. The third-order valence-corrected chi connectivity index (χ3v) is 10.2. The number of halogens is 3. The molecule has 1 aliphatic carbocycles. The summed E-state index contributed by atoms with van der Waals surface area (Å²) >= 11 is 0. The van der Waals surface area contributed by atoms with Crippen molar-refractivity contribution in [2.24, 2.45) is 11.8 Å². The number of pyridine rings is 1. The summed E-state index contributed by atoms with van der Waals surface area (Å²) in [6, 6.07) is 12.6. The van der Waals surface area contributed by atoms with Gasteiger partial charge in [-0.3, -0.25) is 9.78 Å². The molecule has 2 fully saturated rings. The van der Waals surface area contributed by atoms with Crippen LogP contribution in [-0.4, -0.2) is 61.2 Å². The monoisotopic (exact) mass is 602 g/mol. The molecule has 42 heavy (non-hydrogen) atoms. The van der Waals surface area contributed by atoms with E-state index in [1.165, 1.54) is 12.3 Å². The summed E-state index contributed by atoms with van der Waals surface area (Å²) in [5.74, 6) is -0.0173. The van der Waals surface area contributed by atoms with E-state index in [1.54, 1.807) is 41.3 Å². The number of carbonyl (C=O) groups excluding carboxylic acids is 1. The molecule has 7 nitrogen and oxygen atoms in total. The van der Waals surface area contributed by atoms with Gasteiger partial charge in [0.25, 0.3) is 0 Å². The van der Waals surface area contributed by atoms with Crippen LogP contribution in [0.25, 0.3) is 10.9 Å². The molecule has 1 aliphatic heterocycles. The zero-order valence-electron chi connectivity index (χ0n) is 23.8. The summed E-state index contributed by atoms with van der Waals surface area (Å²) in [7, 11) is -3.58. The van der Waals surface area contributed by atoms with Gasteiger partial charge < -0.3 is 15.5 Å².